The summed E-state index contributed by atoms with van der Waals surface area (Å²) in [6, 6.07) is 15.7. The summed E-state index contributed by atoms with van der Waals surface area (Å²) < 4.78 is 5.26. The van der Waals surface area contributed by atoms with Crippen molar-refractivity contribution in [2.45, 2.75) is 19.5 Å². The van der Waals surface area contributed by atoms with Gasteiger partial charge >= 0.3 is 0 Å². The van der Waals surface area contributed by atoms with Crippen molar-refractivity contribution in [3.05, 3.63) is 77.7 Å². The molecule has 0 amide bonds. The fraction of sp³-hybridized carbons (Fsp3) is 0.208. The number of benzene rings is 2. The first-order valence-corrected chi connectivity index (χ1v) is 10.3. The number of nitrogens with zero attached hydrogens (tertiary/aromatic N) is 4. The van der Waals surface area contributed by atoms with E-state index in [1.165, 1.54) is 11.1 Å². The number of H-pyrrole nitrogens is 1. The first-order chi connectivity index (χ1) is 15.2. The monoisotopic (exact) mass is 412 g/mol. The van der Waals surface area contributed by atoms with E-state index >= 15 is 0 Å². The predicted octanol–water partition coefficient (Wildman–Crippen LogP) is 3.68. The molecule has 3 N–H and O–H groups in total. The largest absolute Gasteiger partial charge is 0.497 e. The molecule has 2 aromatic heterocycles. The predicted molar refractivity (Wildman–Crippen MR) is 120 cm³/mol. The van der Waals surface area contributed by atoms with E-state index in [1.807, 2.05) is 60.9 Å². The Hall–Kier alpha value is -3.71. The highest BCUT2D eigenvalue weighted by Crippen LogP contribution is 2.27. The van der Waals surface area contributed by atoms with E-state index in [0.717, 1.165) is 65.8 Å². The van der Waals surface area contributed by atoms with Gasteiger partial charge in [0.05, 0.1) is 24.7 Å². The fourth-order valence-electron chi connectivity index (χ4n) is 3.96. The zero-order chi connectivity index (χ0) is 21.2. The summed E-state index contributed by atoms with van der Waals surface area (Å²) in [6.07, 6.45) is 4.77. The topological polar surface area (TPSA) is 93.0 Å². The van der Waals surface area contributed by atoms with Crippen LogP contribution in [-0.2, 0) is 19.5 Å². The number of hydrogen-bond acceptors (Lipinski definition) is 6. The molecule has 2 aromatic carbocycles. The molecule has 4 aromatic rings. The molecule has 0 saturated heterocycles. The molecule has 31 heavy (non-hydrogen) atoms. The minimum absolute atomic E-state index is 0.741. The number of anilines is 1. The van der Waals surface area contributed by atoms with Crippen LogP contribution >= 0.6 is 0 Å². The molecule has 0 spiro atoms. The van der Waals surface area contributed by atoms with Crippen molar-refractivity contribution >= 4 is 5.69 Å². The number of aromatic amines is 1. The minimum Gasteiger partial charge on any atom is -0.497 e. The van der Waals surface area contributed by atoms with Crippen LogP contribution in [0.5, 0.6) is 5.75 Å². The first-order valence-electron chi connectivity index (χ1n) is 10.3. The molecular weight excluding hydrogens is 388 g/mol. The third kappa shape index (κ3) is 4.00. The fourth-order valence-corrected chi connectivity index (χ4v) is 3.96. The Morgan fingerprint density at radius 2 is 1.81 bits per heavy atom. The molecule has 0 fully saturated rings. The van der Waals surface area contributed by atoms with Gasteiger partial charge in [0.2, 0.25) is 0 Å². The lowest BCUT2D eigenvalue weighted by Gasteiger charge is -2.28. The van der Waals surface area contributed by atoms with Crippen molar-refractivity contribution in [2.24, 2.45) is 0 Å². The van der Waals surface area contributed by atoms with E-state index in [4.69, 9.17) is 15.5 Å². The van der Waals surface area contributed by atoms with E-state index in [0.29, 0.717) is 0 Å². The third-order valence-electron chi connectivity index (χ3n) is 5.67. The Labute approximate surface area is 180 Å². The van der Waals surface area contributed by atoms with Crippen LogP contribution in [0.1, 0.15) is 16.8 Å². The number of fused-ring (bicyclic) bond motifs is 1. The number of methoxy groups -OCH3 is 1. The maximum absolute atomic E-state index is 5.79. The molecule has 0 bridgehead atoms. The first kappa shape index (κ1) is 19.3. The highest BCUT2D eigenvalue weighted by molar-refractivity contribution is 5.63. The van der Waals surface area contributed by atoms with Gasteiger partial charge in [-0.2, -0.15) is 5.10 Å². The molecule has 1 aliphatic rings. The molecule has 0 aliphatic carbocycles. The Morgan fingerprint density at radius 3 is 2.58 bits per heavy atom. The summed E-state index contributed by atoms with van der Waals surface area (Å²) in [5.41, 5.74) is 13.1. The summed E-state index contributed by atoms with van der Waals surface area (Å²) in [6.45, 7) is 2.58. The Bertz CT molecular complexity index is 1180. The molecule has 7 nitrogen and oxygen atoms in total. The van der Waals surface area contributed by atoms with Gasteiger partial charge in [0.15, 0.2) is 5.82 Å². The van der Waals surface area contributed by atoms with Gasteiger partial charge in [-0.25, -0.2) is 9.97 Å². The number of nitrogens with two attached hydrogens (primary N) is 1. The maximum atomic E-state index is 5.79. The van der Waals surface area contributed by atoms with Gasteiger partial charge in [0.1, 0.15) is 5.75 Å². The maximum Gasteiger partial charge on any atom is 0.159 e. The summed E-state index contributed by atoms with van der Waals surface area (Å²) in [4.78, 5) is 11.8. The molecule has 7 heteroatoms. The van der Waals surface area contributed by atoms with Crippen LogP contribution in [0.2, 0.25) is 0 Å². The van der Waals surface area contributed by atoms with Crippen LogP contribution in [-0.4, -0.2) is 38.7 Å². The quantitative estimate of drug-likeness (QED) is 0.486. The molecule has 0 saturated carbocycles. The molecule has 0 atom stereocenters. The number of rotatable bonds is 5. The summed E-state index contributed by atoms with van der Waals surface area (Å²) >= 11 is 0. The average molecular weight is 412 g/mol. The van der Waals surface area contributed by atoms with Crippen molar-refractivity contribution in [2.75, 3.05) is 19.4 Å². The van der Waals surface area contributed by atoms with Crippen LogP contribution in [0.3, 0.4) is 0 Å². The van der Waals surface area contributed by atoms with E-state index in [9.17, 15) is 0 Å². The second kappa shape index (κ2) is 8.20. The molecule has 3 heterocycles. The lowest BCUT2D eigenvalue weighted by atomic mass is 10.0. The second-order valence-corrected chi connectivity index (χ2v) is 7.75. The number of hydrogen-bond donors (Lipinski definition) is 2. The highest BCUT2D eigenvalue weighted by Gasteiger charge is 2.20. The molecular formula is C24H24N6O. The van der Waals surface area contributed by atoms with Crippen molar-refractivity contribution in [3.8, 4) is 28.4 Å². The number of nitrogen functional groups attached to an aromatic ring is 1. The second-order valence-electron chi connectivity index (χ2n) is 7.75. The van der Waals surface area contributed by atoms with Crippen molar-refractivity contribution in [3.63, 3.8) is 0 Å². The number of ether oxygens (including phenoxy) is 1. The lowest BCUT2D eigenvalue weighted by Crippen LogP contribution is -2.31. The van der Waals surface area contributed by atoms with Crippen molar-refractivity contribution in [1.82, 2.24) is 25.1 Å². The van der Waals surface area contributed by atoms with E-state index in [1.54, 1.807) is 7.11 Å². The average Bonchev–Trinajstić information content (AvgIpc) is 3.27. The SMILES string of the molecule is COc1ccc(-c2[nH]ncc2CN2CCc3nc(-c4ccc(N)cc4)ncc3C2)cc1. The molecule has 0 unspecified atom stereocenters. The molecule has 5 rings (SSSR count). The van der Waals surface area contributed by atoms with Gasteiger partial charge in [-0.15, -0.1) is 0 Å². The standard InChI is InChI=1S/C24H24N6O/c1-31-21-8-4-16(5-9-21)23-19(13-27-29-23)15-30-11-10-22-18(14-30)12-26-24(28-22)17-2-6-20(25)7-3-17/h2-9,12-13H,10-11,14-15,25H2,1H3,(H,27,29). The van der Waals surface area contributed by atoms with Gasteiger partial charge in [0, 0.05) is 60.2 Å². The van der Waals surface area contributed by atoms with Crippen LogP contribution in [0.4, 0.5) is 5.69 Å². The Kier molecular flexibility index (Phi) is 5.09. The molecule has 0 radical (unpaired) electrons. The summed E-state index contributed by atoms with van der Waals surface area (Å²) in [5, 5.41) is 7.43. The van der Waals surface area contributed by atoms with Gasteiger partial charge < -0.3 is 10.5 Å². The van der Waals surface area contributed by atoms with Gasteiger partial charge in [0.25, 0.3) is 0 Å². The van der Waals surface area contributed by atoms with Gasteiger partial charge in [-0.1, -0.05) is 0 Å². The van der Waals surface area contributed by atoms with Crippen LogP contribution < -0.4 is 10.5 Å². The van der Waals surface area contributed by atoms with Crippen LogP contribution in [0.15, 0.2) is 60.9 Å². The number of aromatic nitrogens is 4. The van der Waals surface area contributed by atoms with Crippen molar-refractivity contribution in [1.29, 1.82) is 0 Å². The van der Waals surface area contributed by atoms with E-state index in [-0.39, 0.29) is 0 Å². The van der Waals surface area contributed by atoms with Gasteiger partial charge in [-0.05, 0) is 48.5 Å². The summed E-state index contributed by atoms with van der Waals surface area (Å²) in [5.74, 6) is 1.60. The van der Waals surface area contributed by atoms with Crippen molar-refractivity contribution < 1.29 is 4.74 Å². The Balaban J connectivity index is 1.32. The van der Waals surface area contributed by atoms with E-state index < -0.39 is 0 Å². The van der Waals surface area contributed by atoms with Crippen LogP contribution in [0, 0.1) is 0 Å². The van der Waals surface area contributed by atoms with Crippen LogP contribution in [0.25, 0.3) is 22.6 Å². The molecule has 1 aliphatic heterocycles. The third-order valence-corrected chi connectivity index (χ3v) is 5.67. The normalized spacial score (nSPS) is 13.7. The summed E-state index contributed by atoms with van der Waals surface area (Å²) in [7, 11) is 1.67. The zero-order valence-corrected chi connectivity index (χ0v) is 17.4. The highest BCUT2D eigenvalue weighted by atomic mass is 16.5. The lowest BCUT2D eigenvalue weighted by molar-refractivity contribution is 0.243. The number of nitrogens with one attached hydrogen (secondary N) is 1. The van der Waals surface area contributed by atoms with Gasteiger partial charge in [-0.3, -0.25) is 10.00 Å². The Morgan fingerprint density at radius 1 is 1.03 bits per heavy atom. The molecule has 156 valence electrons. The zero-order valence-electron chi connectivity index (χ0n) is 17.4. The smallest absolute Gasteiger partial charge is 0.159 e. The van der Waals surface area contributed by atoms with E-state index in [2.05, 4.69) is 20.1 Å². The minimum atomic E-state index is 0.741.